The molecule has 0 radical (unpaired) electrons. The molecule has 106 valence electrons. The maximum atomic E-state index is 12.1. The average Bonchev–Trinajstić information content (AvgIpc) is 2.59. The molecule has 1 aromatic rings. The monoisotopic (exact) mass is 296 g/mol. The van der Waals surface area contributed by atoms with Crippen LogP contribution in [-0.2, 0) is 10.2 Å². The van der Waals surface area contributed by atoms with Crippen LogP contribution < -0.4 is 5.32 Å². The van der Waals surface area contributed by atoms with E-state index in [1.54, 1.807) is 26.1 Å². The van der Waals surface area contributed by atoms with E-state index in [4.69, 9.17) is 5.11 Å². The van der Waals surface area contributed by atoms with Crippen LogP contribution in [0.5, 0.6) is 0 Å². The van der Waals surface area contributed by atoms with E-state index in [1.165, 1.54) is 0 Å². The fourth-order valence-corrected chi connectivity index (χ4v) is 2.20. The van der Waals surface area contributed by atoms with Crippen molar-refractivity contribution in [2.45, 2.75) is 32.4 Å². The molecule has 0 atom stereocenters. The topological polar surface area (TPSA) is 79.3 Å². The SMILES string of the molecule is CC(C)(C)c1nc(NC(=O)C(F)(F)F)sc1C(=O)O. The van der Waals surface area contributed by atoms with Crippen LogP contribution in [0.15, 0.2) is 0 Å². The summed E-state index contributed by atoms with van der Waals surface area (Å²) in [6.45, 7) is 5.01. The Bertz CT molecular complexity index is 517. The molecule has 0 fully saturated rings. The number of aromatic carboxylic acids is 1. The second-order valence-corrected chi connectivity index (χ2v) is 5.70. The molecule has 1 aromatic heterocycles. The predicted molar refractivity (Wildman–Crippen MR) is 62.5 cm³/mol. The second-order valence-electron chi connectivity index (χ2n) is 4.70. The quantitative estimate of drug-likeness (QED) is 0.879. The summed E-state index contributed by atoms with van der Waals surface area (Å²) in [6, 6.07) is 0. The molecule has 1 heterocycles. The molecule has 0 spiro atoms. The van der Waals surface area contributed by atoms with Crippen LogP contribution in [0.1, 0.15) is 36.1 Å². The van der Waals surface area contributed by atoms with Gasteiger partial charge in [-0.3, -0.25) is 10.1 Å². The van der Waals surface area contributed by atoms with Crippen LogP contribution in [0.2, 0.25) is 0 Å². The number of carboxylic acid groups (broad SMARTS) is 1. The number of thiazole rings is 1. The first-order chi connectivity index (χ1) is 8.43. The zero-order valence-electron chi connectivity index (χ0n) is 10.3. The summed E-state index contributed by atoms with van der Waals surface area (Å²) in [4.78, 5) is 25.3. The first-order valence-electron chi connectivity index (χ1n) is 5.05. The van der Waals surface area contributed by atoms with Gasteiger partial charge < -0.3 is 5.11 Å². The number of carbonyl (C=O) groups excluding carboxylic acids is 1. The number of hydrogen-bond acceptors (Lipinski definition) is 4. The normalized spacial score (nSPS) is 12.3. The lowest BCUT2D eigenvalue weighted by molar-refractivity contribution is -0.167. The lowest BCUT2D eigenvalue weighted by atomic mass is 9.91. The van der Waals surface area contributed by atoms with Crippen LogP contribution in [0, 0.1) is 0 Å². The van der Waals surface area contributed by atoms with Crippen molar-refractivity contribution >= 4 is 28.3 Å². The van der Waals surface area contributed by atoms with Crippen LogP contribution in [0.25, 0.3) is 0 Å². The molecule has 9 heteroatoms. The summed E-state index contributed by atoms with van der Waals surface area (Å²) in [7, 11) is 0. The highest BCUT2D eigenvalue weighted by atomic mass is 32.1. The first kappa shape index (κ1) is 15.4. The summed E-state index contributed by atoms with van der Waals surface area (Å²) >= 11 is 0.496. The molecule has 0 aliphatic rings. The minimum absolute atomic E-state index is 0.127. The van der Waals surface area contributed by atoms with Gasteiger partial charge >= 0.3 is 18.1 Å². The number of nitrogens with one attached hydrogen (secondary N) is 1. The highest BCUT2D eigenvalue weighted by Gasteiger charge is 2.39. The molecule has 0 unspecified atom stereocenters. The second kappa shape index (κ2) is 4.80. The molecule has 0 bridgehead atoms. The van der Waals surface area contributed by atoms with Crippen molar-refractivity contribution in [2.24, 2.45) is 0 Å². The van der Waals surface area contributed by atoms with Crippen LogP contribution in [0.4, 0.5) is 18.3 Å². The lowest BCUT2D eigenvalue weighted by Crippen LogP contribution is -2.29. The number of aromatic nitrogens is 1. The summed E-state index contributed by atoms with van der Waals surface area (Å²) in [5.74, 6) is -3.48. The Hall–Kier alpha value is -1.64. The number of carbonyl (C=O) groups is 2. The van der Waals surface area contributed by atoms with Gasteiger partial charge in [0, 0.05) is 5.41 Å². The van der Waals surface area contributed by atoms with Gasteiger partial charge in [-0.2, -0.15) is 13.2 Å². The molecule has 2 N–H and O–H groups in total. The average molecular weight is 296 g/mol. The van der Waals surface area contributed by atoms with E-state index in [-0.39, 0.29) is 15.7 Å². The maximum Gasteiger partial charge on any atom is 0.471 e. The van der Waals surface area contributed by atoms with E-state index in [2.05, 4.69) is 4.98 Å². The van der Waals surface area contributed by atoms with Crippen molar-refractivity contribution < 1.29 is 27.9 Å². The number of nitrogens with zero attached hydrogens (tertiary/aromatic N) is 1. The summed E-state index contributed by atoms with van der Waals surface area (Å²) < 4.78 is 36.2. The van der Waals surface area contributed by atoms with E-state index in [0.29, 0.717) is 11.3 Å². The van der Waals surface area contributed by atoms with Gasteiger partial charge in [0.25, 0.3) is 0 Å². The third-order valence-corrected chi connectivity index (χ3v) is 2.97. The third-order valence-electron chi connectivity index (χ3n) is 2.01. The molecule has 0 saturated carbocycles. The van der Waals surface area contributed by atoms with Gasteiger partial charge in [-0.15, -0.1) is 0 Å². The molecule has 5 nitrogen and oxygen atoms in total. The van der Waals surface area contributed by atoms with Gasteiger partial charge in [0.2, 0.25) is 0 Å². The molecule has 1 amide bonds. The molecule has 0 aliphatic heterocycles. The van der Waals surface area contributed by atoms with Crippen molar-refractivity contribution in [3.63, 3.8) is 0 Å². The van der Waals surface area contributed by atoms with Crippen molar-refractivity contribution in [3.8, 4) is 0 Å². The maximum absolute atomic E-state index is 12.1. The van der Waals surface area contributed by atoms with Crippen LogP contribution in [0.3, 0.4) is 0 Å². The van der Waals surface area contributed by atoms with E-state index >= 15 is 0 Å². The summed E-state index contributed by atoms with van der Waals surface area (Å²) in [5.41, 5.74) is -0.534. The largest absolute Gasteiger partial charge is 0.477 e. The number of hydrogen-bond donors (Lipinski definition) is 2. The number of halogens is 3. The first-order valence-corrected chi connectivity index (χ1v) is 5.87. The van der Waals surface area contributed by atoms with Crippen LogP contribution >= 0.6 is 11.3 Å². The number of anilines is 1. The van der Waals surface area contributed by atoms with E-state index in [9.17, 15) is 22.8 Å². The molecule has 19 heavy (non-hydrogen) atoms. The molecule has 0 aliphatic carbocycles. The highest BCUT2D eigenvalue weighted by Crippen LogP contribution is 2.32. The fraction of sp³-hybridized carbons (Fsp3) is 0.500. The number of amides is 1. The lowest BCUT2D eigenvalue weighted by Gasteiger charge is -2.15. The molecule has 1 rings (SSSR count). The van der Waals surface area contributed by atoms with E-state index in [0.717, 1.165) is 0 Å². The number of carboxylic acids is 1. The number of alkyl halides is 3. The van der Waals surface area contributed by atoms with E-state index in [1.807, 2.05) is 0 Å². The molecular formula is C10H11F3N2O3S. The zero-order valence-corrected chi connectivity index (χ0v) is 11.1. The molecular weight excluding hydrogens is 285 g/mol. The Labute approximate surface area is 110 Å². The fourth-order valence-electron chi connectivity index (χ4n) is 1.19. The molecule has 0 aromatic carbocycles. The minimum Gasteiger partial charge on any atom is -0.477 e. The zero-order chi connectivity index (χ0) is 15.0. The smallest absolute Gasteiger partial charge is 0.471 e. The standard InChI is InChI=1S/C10H11F3N2O3S/c1-9(2,3)5-4(6(16)17)19-8(14-5)15-7(18)10(11,12)13/h1-3H3,(H,16,17)(H,14,15,18). The van der Waals surface area contributed by atoms with Crippen molar-refractivity contribution in [1.29, 1.82) is 0 Å². The van der Waals surface area contributed by atoms with Crippen molar-refractivity contribution in [3.05, 3.63) is 10.6 Å². The summed E-state index contributed by atoms with van der Waals surface area (Å²) in [5, 5.41) is 10.1. The van der Waals surface area contributed by atoms with Crippen molar-refractivity contribution in [2.75, 3.05) is 5.32 Å². The Kier molecular flexibility index (Phi) is 3.89. The van der Waals surface area contributed by atoms with Gasteiger partial charge in [0.1, 0.15) is 4.88 Å². The number of rotatable bonds is 2. The van der Waals surface area contributed by atoms with E-state index < -0.39 is 23.5 Å². The predicted octanol–water partition coefficient (Wildman–Crippen LogP) is 2.64. The Balaban J connectivity index is 3.13. The van der Waals surface area contributed by atoms with Gasteiger partial charge in [-0.1, -0.05) is 32.1 Å². The Morgan fingerprint density at radius 2 is 1.79 bits per heavy atom. The van der Waals surface area contributed by atoms with Crippen LogP contribution in [-0.4, -0.2) is 28.1 Å². The Morgan fingerprint density at radius 3 is 2.11 bits per heavy atom. The van der Waals surface area contributed by atoms with Gasteiger partial charge in [0.15, 0.2) is 5.13 Å². The minimum atomic E-state index is -5.04. The highest BCUT2D eigenvalue weighted by molar-refractivity contribution is 7.17. The van der Waals surface area contributed by atoms with Gasteiger partial charge in [-0.05, 0) is 0 Å². The van der Waals surface area contributed by atoms with Crippen molar-refractivity contribution in [1.82, 2.24) is 4.98 Å². The Morgan fingerprint density at radius 1 is 1.26 bits per heavy atom. The van der Waals surface area contributed by atoms with Gasteiger partial charge in [0.05, 0.1) is 5.69 Å². The van der Waals surface area contributed by atoms with Gasteiger partial charge in [-0.25, -0.2) is 9.78 Å². The summed E-state index contributed by atoms with van der Waals surface area (Å²) in [6.07, 6.45) is -5.04. The third kappa shape index (κ3) is 3.66. The molecule has 0 saturated heterocycles.